The number of carbonyl (C=O) groups is 2. The van der Waals surface area contributed by atoms with Crippen LogP contribution in [-0.4, -0.2) is 97.9 Å². The molecule has 0 aliphatic carbocycles. The number of phenols is 1. The molecule has 31 heavy (non-hydrogen) atoms. The van der Waals surface area contributed by atoms with E-state index in [1.807, 2.05) is 0 Å². The number of aliphatic hydroxyl groups is 3. The van der Waals surface area contributed by atoms with E-state index in [0.717, 1.165) is 0 Å². The number of aromatic hydroxyl groups is 1. The molecular formula is C19H27N3O9. The Hall–Kier alpha value is -2.32. The zero-order valence-corrected chi connectivity index (χ0v) is 16.8. The van der Waals surface area contributed by atoms with Crippen LogP contribution in [0.2, 0.25) is 0 Å². The SMILES string of the molecule is CCOC(=O)C(NC(=O)[C@@H](N)Cc1ccc(O)cc1)[C@H]1[C@H](O)[C@]2(O)CO[C@@H]([C@@H]2O)N1O. The fraction of sp³-hybridized carbons (Fsp3) is 0.579. The van der Waals surface area contributed by atoms with Crippen molar-refractivity contribution in [3.05, 3.63) is 29.8 Å². The minimum absolute atomic E-state index is 0.0498. The average Bonchev–Trinajstić information content (AvgIpc) is 2.99. The van der Waals surface area contributed by atoms with Gasteiger partial charge >= 0.3 is 5.97 Å². The van der Waals surface area contributed by atoms with Crippen molar-refractivity contribution in [2.45, 2.75) is 55.5 Å². The highest BCUT2D eigenvalue weighted by molar-refractivity contribution is 5.88. The predicted octanol–water partition coefficient (Wildman–Crippen LogP) is -2.81. The van der Waals surface area contributed by atoms with Gasteiger partial charge in [0.2, 0.25) is 5.91 Å². The van der Waals surface area contributed by atoms with E-state index in [0.29, 0.717) is 10.6 Å². The quantitative estimate of drug-likeness (QED) is 0.216. The Labute approximate surface area is 177 Å². The van der Waals surface area contributed by atoms with Gasteiger partial charge in [-0.1, -0.05) is 12.1 Å². The summed E-state index contributed by atoms with van der Waals surface area (Å²) in [7, 11) is 0. The zero-order chi connectivity index (χ0) is 22.9. The molecule has 2 fully saturated rings. The maximum atomic E-state index is 12.7. The Morgan fingerprint density at radius 3 is 2.58 bits per heavy atom. The second-order valence-electron chi connectivity index (χ2n) is 7.67. The summed E-state index contributed by atoms with van der Waals surface area (Å²) in [4.78, 5) is 25.3. The minimum Gasteiger partial charge on any atom is -0.508 e. The van der Waals surface area contributed by atoms with E-state index < -0.39 is 60.6 Å². The summed E-state index contributed by atoms with van der Waals surface area (Å²) in [5.74, 6) is -1.70. The number of piperidine rings is 1. The van der Waals surface area contributed by atoms with Gasteiger partial charge in [0.25, 0.3) is 0 Å². The number of hydroxylamine groups is 2. The van der Waals surface area contributed by atoms with Gasteiger partial charge in [-0.25, -0.2) is 4.79 Å². The highest BCUT2D eigenvalue weighted by Crippen LogP contribution is 2.39. The maximum Gasteiger partial charge on any atom is 0.330 e. The van der Waals surface area contributed by atoms with Gasteiger partial charge in [-0.05, 0) is 31.0 Å². The van der Waals surface area contributed by atoms with Crippen LogP contribution in [-0.2, 0) is 25.5 Å². The van der Waals surface area contributed by atoms with E-state index in [1.54, 1.807) is 12.1 Å². The van der Waals surface area contributed by atoms with Crippen LogP contribution < -0.4 is 11.1 Å². The second kappa shape index (κ2) is 9.04. The summed E-state index contributed by atoms with van der Waals surface area (Å²) in [5.41, 5.74) is 4.44. The molecule has 2 saturated heterocycles. The van der Waals surface area contributed by atoms with Crippen LogP contribution in [0.1, 0.15) is 12.5 Å². The van der Waals surface area contributed by atoms with Crippen molar-refractivity contribution >= 4 is 11.9 Å². The molecule has 1 amide bonds. The van der Waals surface area contributed by atoms with E-state index in [4.69, 9.17) is 15.2 Å². The number of nitrogens with zero attached hydrogens (tertiary/aromatic N) is 1. The number of nitrogens with two attached hydrogens (primary N) is 1. The highest BCUT2D eigenvalue weighted by Gasteiger charge is 2.65. The molecular weight excluding hydrogens is 414 g/mol. The molecule has 2 bridgehead atoms. The number of fused-ring (bicyclic) bond motifs is 2. The Morgan fingerprint density at radius 1 is 1.32 bits per heavy atom. The van der Waals surface area contributed by atoms with Gasteiger partial charge in [0.1, 0.15) is 29.6 Å². The number of hydrogen-bond donors (Lipinski definition) is 7. The lowest BCUT2D eigenvalue weighted by Crippen LogP contribution is -2.74. The Kier molecular flexibility index (Phi) is 6.81. The van der Waals surface area contributed by atoms with Crippen molar-refractivity contribution in [3.63, 3.8) is 0 Å². The monoisotopic (exact) mass is 441 g/mol. The number of ether oxygens (including phenoxy) is 2. The number of rotatable bonds is 7. The standard InChI is InChI=1S/C19H27N3O9/c1-2-30-18(27)12(13-14(24)19(28)8-31-17(15(19)25)22(13)29)21-16(26)11(20)7-9-3-5-10(23)6-4-9/h3-6,11-15,17,23-25,28-29H,2,7-8,20H2,1H3,(H,21,26)/t11-,12?,13-,14-,15-,17-,19+/m0/s1. The van der Waals surface area contributed by atoms with Crippen LogP contribution >= 0.6 is 0 Å². The highest BCUT2D eigenvalue weighted by atomic mass is 16.6. The molecule has 0 saturated carbocycles. The molecule has 8 N–H and O–H groups in total. The van der Waals surface area contributed by atoms with Crippen LogP contribution in [0.3, 0.4) is 0 Å². The number of benzene rings is 1. The lowest BCUT2D eigenvalue weighted by atomic mass is 9.80. The minimum atomic E-state index is -2.15. The molecule has 2 heterocycles. The summed E-state index contributed by atoms with van der Waals surface area (Å²) in [5, 5.41) is 54.0. The Morgan fingerprint density at radius 2 is 1.97 bits per heavy atom. The Bertz CT molecular complexity index is 807. The van der Waals surface area contributed by atoms with Crippen molar-refractivity contribution in [1.82, 2.24) is 10.4 Å². The summed E-state index contributed by atoms with van der Waals surface area (Å²) >= 11 is 0. The zero-order valence-electron chi connectivity index (χ0n) is 16.8. The topological polar surface area (TPSA) is 195 Å². The third-order valence-electron chi connectivity index (χ3n) is 5.58. The summed E-state index contributed by atoms with van der Waals surface area (Å²) in [6, 6.07) is 1.72. The fourth-order valence-electron chi connectivity index (χ4n) is 3.82. The lowest BCUT2D eigenvalue weighted by molar-refractivity contribution is -0.298. The maximum absolute atomic E-state index is 12.7. The molecule has 172 valence electrons. The summed E-state index contributed by atoms with van der Waals surface area (Å²) < 4.78 is 10.1. The van der Waals surface area contributed by atoms with E-state index in [-0.39, 0.29) is 18.8 Å². The van der Waals surface area contributed by atoms with Crippen LogP contribution in [0.4, 0.5) is 0 Å². The number of aliphatic hydroxyl groups excluding tert-OH is 2. The van der Waals surface area contributed by atoms with Gasteiger partial charge < -0.3 is 46.2 Å². The van der Waals surface area contributed by atoms with Crippen LogP contribution in [0.15, 0.2) is 24.3 Å². The van der Waals surface area contributed by atoms with Gasteiger partial charge in [-0.15, -0.1) is 0 Å². The molecule has 0 radical (unpaired) electrons. The molecule has 2 aliphatic heterocycles. The van der Waals surface area contributed by atoms with E-state index >= 15 is 0 Å². The van der Waals surface area contributed by atoms with Crippen molar-refractivity contribution in [1.29, 1.82) is 0 Å². The first kappa shape index (κ1) is 23.3. The first-order valence-corrected chi connectivity index (χ1v) is 9.78. The molecule has 2 aliphatic rings. The molecule has 12 heteroatoms. The first-order valence-electron chi connectivity index (χ1n) is 9.78. The van der Waals surface area contributed by atoms with Gasteiger partial charge in [0.15, 0.2) is 6.23 Å². The van der Waals surface area contributed by atoms with Gasteiger partial charge in [-0.3, -0.25) is 4.79 Å². The second-order valence-corrected chi connectivity index (χ2v) is 7.67. The normalized spacial score (nSPS) is 32.3. The number of phenolic OH excluding ortho intramolecular Hbond substituents is 1. The largest absolute Gasteiger partial charge is 0.508 e. The molecule has 1 aromatic carbocycles. The number of hydrogen-bond acceptors (Lipinski definition) is 11. The molecule has 3 rings (SSSR count). The molecule has 0 spiro atoms. The van der Waals surface area contributed by atoms with E-state index in [9.17, 15) is 35.2 Å². The lowest BCUT2D eigenvalue weighted by Gasteiger charge is -2.46. The van der Waals surface area contributed by atoms with E-state index in [1.165, 1.54) is 19.1 Å². The van der Waals surface area contributed by atoms with Gasteiger partial charge in [0.05, 0.1) is 25.3 Å². The predicted molar refractivity (Wildman–Crippen MR) is 102 cm³/mol. The average molecular weight is 441 g/mol. The molecule has 7 atom stereocenters. The van der Waals surface area contributed by atoms with Crippen molar-refractivity contribution in [2.24, 2.45) is 5.73 Å². The van der Waals surface area contributed by atoms with Crippen molar-refractivity contribution in [3.8, 4) is 5.75 Å². The summed E-state index contributed by atoms with van der Waals surface area (Å²) in [6.07, 6.45) is -4.85. The molecule has 1 unspecified atom stereocenters. The van der Waals surface area contributed by atoms with Crippen molar-refractivity contribution in [2.75, 3.05) is 13.2 Å². The number of esters is 1. The fourth-order valence-corrected chi connectivity index (χ4v) is 3.82. The number of amides is 1. The van der Waals surface area contributed by atoms with Crippen LogP contribution in [0, 0.1) is 0 Å². The molecule has 12 nitrogen and oxygen atoms in total. The number of nitrogens with one attached hydrogen (secondary N) is 1. The summed E-state index contributed by atoms with van der Waals surface area (Å²) in [6.45, 7) is 0.995. The van der Waals surface area contributed by atoms with Crippen LogP contribution in [0.5, 0.6) is 5.75 Å². The van der Waals surface area contributed by atoms with Gasteiger partial charge in [-0.2, -0.15) is 5.06 Å². The number of carbonyl (C=O) groups excluding carboxylic acids is 2. The smallest absolute Gasteiger partial charge is 0.330 e. The molecule has 0 aromatic heterocycles. The first-order chi connectivity index (χ1) is 14.6. The van der Waals surface area contributed by atoms with Crippen LogP contribution in [0.25, 0.3) is 0 Å². The third kappa shape index (κ3) is 4.36. The van der Waals surface area contributed by atoms with Gasteiger partial charge in [0, 0.05) is 0 Å². The van der Waals surface area contributed by atoms with Crippen molar-refractivity contribution < 1.29 is 44.7 Å². The Balaban J connectivity index is 1.80. The molecule has 1 aromatic rings. The third-order valence-corrected chi connectivity index (χ3v) is 5.58. The van der Waals surface area contributed by atoms with E-state index in [2.05, 4.69) is 5.32 Å².